The van der Waals surface area contributed by atoms with Gasteiger partial charge in [0.1, 0.15) is 11.6 Å². The first-order valence-corrected chi connectivity index (χ1v) is 8.46. The molecule has 0 unspecified atom stereocenters. The monoisotopic (exact) mass is 357 g/mol. The van der Waals surface area contributed by atoms with Crippen LogP contribution in [0, 0.1) is 5.92 Å². The molecule has 2 N–H and O–H groups in total. The second-order valence-corrected chi connectivity index (χ2v) is 6.62. The van der Waals surface area contributed by atoms with E-state index >= 15 is 0 Å². The molecule has 2 aromatic carbocycles. The SMILES string of the molecule is COc1ccc(Cl)cc1C(=O)N[C@H](c1nc2ccccc2[nH]1)C(C)C. The minimum atomic E-state index is -0.261. The van der Waals surface area contributed by atoms with Gasteiger partial charge in [0.25, 0.3) is 5.91 Å². The number of benzene rings is 2. The standard InChI is InChI=1S/C19H20ClN3O2/c1-11(2)17(18-21-14-6-4-5-7-15(14)22-18)23-19(24)13-10-12(20)8-9-16(13)25-3/h4-11,17H,1-3H3,(H,21,22)(H,23,24)/t17-/m0/s1. The number of ether oxygens (including phenoxy) is 1. The van der Waals surface area contributed by atoms with Crippen molar-refractivity contribution in [3.63, 3.8) is 0 Å². The number of imidazole rings is 1. The van der Waals surface area contributed by atoms with E-state index in [0.29, 0.717) is 16.3 Å². The van der Waals surface area contributed by atoms with E-state index in [4.69, 9.17) is 16.3 Å². The van der Waals surface area contributed by atoms with Crippen molar-refractivity contribution in [3.05, 3.63) is 58.9 Å². The number of halogens is 1. The van der Waals surface area contributed by atoms with Gasteiger partial charge in [-0.2, -0.15) is 0 Å². The Bertz CT molecular complexity index is 872. The molecule has 3 aromatic rings. The molecule has 0 radical (unpaired) electrons. The van der Waals surface area contributed by atoms with E-state index in [1.165, 1.54) is 7.11 Å². The van der Waals surface area contributed by atoms with Gasteiger partial charge in [-0.15, -0.1) is 0 Å². The Kier molecular flexibility index (Phi) is 4.95. The van der Waals surface area contributed by atoms with E-state index in [9.17, 15) is 4.79 Å². The van der Waals surface area contributed by atoms with Crippen LogP contribution in [0.2, 0.25) is 5.02 Å². The van der Waals surface area contributed by atoms with E-state index in [1.807, 2.05) is 38.1 Å². The van der Waals surface area contributed by atoms with Crippen molar-refractivity contribution >= 4 is 28.5 Å². The maximum atomic E-state index is 12.8. The van der Waals surface area contributed by atoms with Crippen LogP contribution in [0.25, 0.3) is 11.0 Å². The second-order valence-electron chi connectivity index (χ2n) is 6.18. The van der Waals surface area contributed by atoms with Crippen molar-refractivity contribution < 1.29 is 9.53 Å². The Hall–Kier alpha value is -2.53. The second kappa shape index (κ2) is 7.15. The van der Waals surface area contributed by atoms with Crippen molar-refractivity contribution in [2.75, 3.05) is 7.11 Å². The highest BCUT2D eigenvalue weighted by Crippen LogP contribution is 2.26. The summed E-state index contributed by atoms with van der Waals surface area (Å²) in [5.41, 5.74) is 2.22. The number of H-pyrrole nitrogens is 1. The Labute approximate surface area is 151 Å². The van der Waals surface area contributed by atoms with E-state index in [1.54, 1.807) is 18.2 Å². The Morgan fingerprint density at radius 3 is 2.68 bits per heavy atom. The Morgan fingerprint density at radius 2 is 2.00 bits per heavy atom. The molecule has 0 fully saturated rings. The summed E-state index contributed by atoms with van der Waals surface area (Å²) >= 11 is 6.03. The number of carbonyl (C=O) groups is 1. The van der Waals surface area contributed by atoms with Crippen LogP contribution in [-0.2, 0) is 0 Å². The number of hydrogen-bond donors (Lipinski definition) is 2. The summed E-state index contributed by atoms with van der Waals surface area (Å²) in [6.07, 6.45) is 0. The minimum absolute atomic E-state index is 0.148. The predicted molar refractivity (Wildman–Crippen MR) is 99.1 cm³/mol. The largest absolute Gasteiger partial charge is 0.496 e. The van der Waals surface area contributed by atoms with Gasteiger partial charge in [0.05, 0.1) is 29.7 Å². The average molecular weight is 358 g/mol. The molecule has 0 aliphatic rings. The summed E-state index contributed by atoms with van der Waals surface area (Å²) in [7, 11) is 1.53. The summed E-state index contributed by atoms with van der Waals surface area (Å²) < 4.78 is 5.27. The van der Waals surface area contributed by atoms with E-state index in [0.717, 1.165) is 16.9 Å². The molecule has 3 rings (SSSR count). The third-order valence-electron chi connectivity index (χ3n) is 4.06. The zero-order valence-corrected chi connectivity index (χ0v) is 15.1. The molecule has 0 aliphatic carbocycles. The molecule has 1 heterocycles. The van der Waals surface area contributed by atoms with E-state index in [-0.39, 0.29) is 17.9 Å². The fraction of sp³-hybridized carbons (Fsp3) is 0.263. The number of carbonyl (C=O) groups excluding carboxylic acids is 1. The van der Waals surface area contributed by atoms with Gasteiger partial charge >= 0.3 is 0 Å². The number of fused-ring (bicyclic) bond motifs is 1. The highest BCUT2D eigenvalue weighted by molar-refractivity contribution is 6.31. The third-order valence-corrected chi connectivity index (χ3v) is 4.30. The molecule has 0 spiro atoms. The molecule has 25 heavy (non-hydrogen) atoms. The molecule has 5 nitrogen and oxygen atoms in total. The number of aromatic nitrogens is 2. The lowest BCUT2D eigenvalue weighted by Gasteiger charge is -2.21. The fourth-order valence-electron chi connectivity index (χ4n) is 2.75. The van der Waals surface area contributed by atoms with Gasteiger partial charge < -0.3 is 15.0 Å². The zero-order chi connectivity index (χ0) is 18.0. The number of aromatic amines is 1. The summed E-state index contributed by atoms with van der Waals surface area (Å²) in [5, 5.41) is 3.52. The fourth-order valence-corrected chi connectivity index (χ4v) is 2.92. The molecule has 0 saturated carbocycles. The molecule has 0 bridgehead atoms. The van der Waals surface area contributed by atoms with Crippen LogP contribution >= 0.6 is 11.6 Å². The zero-order valence-electron chi connectivity index (χ0n) is 14.3. The van der Waals surface area contributed by atoms with Crippen LogP contribution in [0.5, 0.6) is 5.75 Å². The van der Waals surface area contributed by atoms with Gasteiger partial charge in [-0.1, -0.05) is 37.6 Å². The Morgan fingerprint density at radius 1 is 1.24 bits per heavy atom. The van der Waals surface area contributed by atoms with Crippen molar-refractivity contribution in [1.29, 1.82) is 0 Å². The number of rotatable bonds is 5. The van der Waals surface area contributed by atoms with Crippen molar-refractivity contribution in [2.24, 2.45) is 5.92 Å². The minimum Gasteiger partial charge on any atom is -0.496 e. The molecule has 1 aromatic heterocycles. The third kappa shape index (κ3) is 3.61. The van der Waals surface area contributed by atoms with Gasteiger partial charge in [0.2, 0.25) is 0 Å². The van der Waals surface area contributed by atoms with Crippen LogP contribution < -0.4 is 10.1 Å². The molecular formula is C19H20ClN3O2. The average Bonchev–Trinajstić information content (AvgIpc) is 3.02. The van der Waals surface area contributed by atoms with Crippen LogP contribution in [0.4, 0.5) is 0 Å². The number of hydrogen-bond acceptors (Lipinski definition) is 3. The number of nitrogens with zero attached hydrogens (tertiary/aromatic N) is 1. The van der Waals surface area contributed by atoms with Crippen LogP contribution in [0.1, 0.15) is 36.1 Å². The lowest BCUT2D eigenvalue weighted by atomic mass is 10.0. The number of nitrogens with one attached hydrogen (secondary N) is 2. The van der Waals surface area contributed by atoms with Gasteiger partial charge in [-0.25, -0.2) is 4.98 Å². The lowest BCUT2D eigenvalue weighted by molar-refractivity contribution is 0.0920. The molecule has 0 aliphatic heterocycles. The number of methoxy groups -OCH3 is 1. The first-order chi connectivity index (χ1) is 12.0. The highest BCUT2D eigenvalue weighted by atomic mass is 35.5. The van der Waals surface area contributed by atoms with E-state index < -0.39 is 0 Å². The van der Waals surface area contributed by atoms with Crippen molar-refractivity contribution in [1.82, 2.24) is 15.3 Å². The first-order valence-electron chi connectivity index (χ1n) is 8.08. The quantitative estimate of drug-likeness (QED) is 0.713. The lowest BCUT2D eigenvalue weighted by Crippen LogP contribution is -2.32. The molecule has 1 atom stereocenters. The maximum absolute atomic E-state index is 12.8. The smallest absolute Gasteiger partial charge is 0.255 e. The van der Waals surface area contributed by atoms with Gasteiger partial charge in [-0.05, 0) is 36.2 Å². The number of amides is 1. The van der Waals surface area contributed by atoms with Crippen LogP contribution in [0.3, 0.4) is 0 Å². The van der Waals surface area contributed by atoms with E-state index in [2.05, 4.69) is 15.3 Å². The van der Waals surface area contributed by atoms with Crippen LogP contribution in [-0.4, -0.2) is 23.0 Å². The summed E-state index contributed by atoms with van der Waals surface area (Å²) in [4.78, 5) is 20.7. The van der Waals surface area contributed by atoms with Gasteiger partial charge in [0, 0.05) is 5.02 Å². The van der Waals surface area contributed by atoms with Gasteiger partial charge in [0.15, 0.2) is 0 Å². The number of para-hydroxylation sites is 2. The van der Waals surface area contributed by atoms with Gasteiger partial charge in [-0.3, -0.25) is 4.79 Å². The predicted octanol–water partition coefficient (Wildman–Crippen LogP) is 4.35. The summed E-state index contributed by atoms with van der Waals surface area (Å²) in [6.45, 7) is 4.07. The topological polar surface area (TPSA) is 67.0 Å². The maximum Gasteiger partial charge on any atom is 0.255 e. The molecule has 130 valence electrons. The highest BCUT2D eigenvalue weighted by Gasteiger charge is 2.24. The van der Waals surface area contributed by atoms with Crippen LogP contribution in [0.15, 0.2) is 42.5 Å². The normalized spacial score (nSPS) is 12.4. The molecule has 1 amide bonds. The molecular weight excluding hydrogens is 338 g/mol. The Balaban J connectivity index is 1.92. The molecule has 6 heteroatoms. The first kappa shape index (κ1) is 17.3. The summed E-state index contributed by atoms with van der Waals surface area (Å²) in [6, 6.07) is 12.5. The summed E-state index contributed by atoms with van der Waals surface area (Å²) in [5.74, 6) is 1.10. The van der Waals surface area contributed by atoms with Crippen molar-refractivity contribution in [2.45, 2.75) is 19.9 Å². The molecule has 0 saturated heterocycles. The van der Waals surface area contributed by atoms with Crippen molar-refractivity contribution in [3.8, 4) is 5.75 Å².